The van der Waals surface area contributed by atoms with Crippen molar-refractivity contribution < 1.29 is 9.47 Å². The number of hydrogen-bond donors (Lipinski definition) is 1. The molecule has 1 fully saturated rings. The smallest absolute Gasteiger partial charge is 0.231 e. The van der Waals surface area contributed by atoms with Crippen LogP contribution in [0.3, 0.4) is 0 Å². The Morgan fingerprint density at radius 1 is 1.21 bits per heavy atom. The molecule has 0 saturated carbocycles. The Bertz CT molecular complexity index is 383. The highest BCUT2D eigenvalue weighted by Gasteiger charge is 2.21. The maximum absolute atomic E-state index is 5.18. The predicted octanol–water partition coefficient (Wildman–Crippen LogP) is 1.07. The molecule has 1 aromatic heterocycles. The van der Waals surface area contributed by atoms with E-state index in [9.17, 15) is 0 Å². The molecule has 1 aliphatic rings. The number of nitrogens with one attached hydrogen (secondary N) is 1. The third kappa shape index (κ3) is 3.47. The molecule has 106 valence electrons. The van der Waals surface area contributed by atoms with Crippen molar-refractivity contribution in [3.63, 3.8) is 0 Å². The van der Waals surface area contributed by atoms with Crippen LogP contribution in [-0.2, 0) is 0 Å². The van der Waals surface area contributed by atoms with Gasteiger partial charge in [-0.3, -0.25) is 0 Å². The Hall–Kier alpha value is -1.56. The van der Waals surface area contributed by atoms with Crippen LogP contribution in [0.15, 0.2) is 6.07 Å². The zero-order chi connectivity index (χ0) is 13.7. The van der Waals surface area contributed by atoms with E-state index in [1.54, 1.807) is 20.3 Å². The average molecular weight is 266 g/mol. The summed E-state index contributed by atoms with van der Waals surface area (Å²) >= 11 is 0. The molecule has 0 aliphatic carbocycles. The summed E-state index contributed by atoms with van der Waals surface area (Å²) in [6, 6.07) is 2.29. The second-order valence-electron chi connectivity index (χ2n) is 4.57. The van der Waals surface area contributed by atoms with Crippen LogP contribution in [0.2, 0.25) is 0 Å². The fraction of sp³-hybridized carbons (Fsp3) is 0.692. The van der Waals surface area contributed by atoms with Gasteiger partial charge in [0.2, 0.25) is 17.7 Å². The van der Waals surface area contributed by atoms with Crippen LogP contribution >= 0.6 is 0 Å². The van der Waals surface area contributed by atoms with Crippen molar-refractivity contribution >= 4 is 5.95 Å². The van der Waals surface area contributed by atoms with Crippen LogP contribution in [-0.4, -0.2) is 49.9 Å². The second kappa shape index (κ2) is 6.56. The van der Waals surface area contributed by atoms with Gasteiger partial charge < -0.3 is 19.7 Å². The van der Waals surface area contributed by atoms with Crippen molar-refractivity contribution in [2.75, 3.05) is 38.8 Å². The predicted molar refractivity (Wildman–Crippen MR) is 74.0 cm³/mol. The van der Waals surface area contributed by atoms with Crippen molar-refractivity contribution in [3.05, 3.63) is 6.07 Å². The molecule has 1 aromatic rings. The molecular weight excluding hydrogens is 244 g/mol. The zero-order valence-corrected chi connectivity index (χ0v) is 11.8. The summed E-state index contributed by atoms with van der Waals surface area (Å²) in [5, 5.41) is 3.48. The summed E-state index contributed by atoms with van der Waals surface area (Å²) in [5.74, 6) is 1.76. The van der Waals surface area contributed by atoms with Crippen molar-refractivity contribution in [1.82, 2.24) is 15.3 Å². The first kappa shape index (κ1) is 13.9. The molecule has 1 aliphatic heterocycles. The first-order valence-electron chi connectivity index (χ1n) is 6.72. The van der Waals surface area contributed by atoms with Gasteiger partial charge in [-0.15, -0.1) is 0 Å². The van der Waals surface area contributed by atoms with Crippen molar-refractivity contribution in [2.24, 2.45) is 0 Å². The van der Waals surface area contributed by atoms with E-state index in [0.29, 0.717) is 23.8 Å². The Morgan fingerprint density at radius 3 is 2.26 bits per heavy atom. The van der Waals surface area contributed by atoms with Crippen LogP contribution in [0, 0.1) is 0 Å². The van der Waals surface area contributed by atoms with Gasteiger partial charge in [-0.25, -0.2) is 0 Å². The quantitative estimate of drug-likeness (QED) is 0.860. The number of aromatic nitrogens is 2. The summed E-state index contributed by atoms with van der Waals surface area (Å²) in [4.78, 5) is 11.0. The zero-order valence-electron chi connectivity index (χ0n) is 11.8. The van der Waals surface area contributed by atoms with Gasteiger partial charge >= 0.3 is 0 Å². The van der Waals surface area contributed by atoms with Crippen molar-refractivity contribution in [3.8, 4) is 11.8 Å². The molecule has 0 radical (unpaired) electrons. The third-order valence-electron chi connectivity index (χ3n) is 3.36. The average Bonchev–Trinajstić information content (AvgIpc) is 2.47. The van der Waals surface area contributed by atoms with Crippen LogP contribution in [0.25, 0.3) is 0 Å². The maximum Gasteiger partial charge on any atom is 0.231 e. The molecule has 6 nitrogen and oxygen atoms in total. The number of anilines is 1. The van der Waals surface area contributed by atoms with E-state index in [4.69, 9.17) is 9.47 Å². The van der Waals surface area contributed by atoms with E-state index in [1.807, 2.05) is 0 Å². The van der Waals surface area contributed by atoms with Crippen molar-refractivity contribution in [1.29, 1.82) is 0 Å². The van der Waals surface area contributed by atoms with Crippen LogP contribution in [0.5, 0.6) is 11.8 Å². The SMILES string of the molecule is CCNC1CCN(c2nc(OC)cc(OC)n2)CC1. The summed E-state index contributed by atoms with van der Waals surface area (Å²) in [5.41, 5.74) is 0. The summed E-state index contributed by atoms with van der Waals surface area (Å²) in [7, 11) is 3.20. The van der Waals surface area contributed by atoms with Crippen LogP contribution < -0.4 is 19.7 Å². The Balaban J connectivity index is 2.06. The molecule has 2 rings (SSSR count). The lowest BCUT2D eigenvalue weighted by Crippen LogP contribution is -2.43. The molecule has 0 atom stereocenters. The molecule has 6 heteroatoms. The number of ether oxygens (including phenoxy) is 2. The Labute approximate surface area is 114 Å². The largest absolute Gasteiger partial charge is 0.481 e. The molecule has 1 N–H and O–H groups in total. The van der Waals surface area contributed by atoms with Gasteiger partial charge in [0.05, 0.1) is 20.3 Å². The Morgan fingerprint density at radius 2 is 1.79 bits per heavy atom. The van der Waals surface area contributed by atoms with E-state index >= 15 is 0 Å². The number of rotatable bonds is 5. The van der Waals surface area contributed by atoms with Crippen LogP contribution in [0.1, 0.15) is 19.8 Å². The van der Waals surface area contributed by atoms with Gasteiger partial charge in [0, 0.05) is 19.1 Å². The Kier molecular flexibility index (Phi) is 4.79. The molecule has 0 aromatic carbocycles. The van der Waals surface area contributed by atoms with E-state index in [2.05, 4.69) is 27.1 Å². The lowest BCUT2D eigenvalue weighted by Gasteiger charge is -2.32. The molecule has 2 heterocycles. The molecular formula is C13H22N4O2. The minimum Gasteiger partial charge on any atom is -0.481 e. The topological polar surface area (TPSA) is 59.5 Å². The first-order valence-corrected chi connectivity index (χ1v) is 6.72. The summed E-state index contributed by atoms with van der Waals surface area (Å²) < 4.78 is 10.4. The summed E-state index contributed by atoms with van der Waals surface area (Å²) in [6.45, 7) is 5.07. The van der Waals surface area contributed by atoms with Gasteiger partial charge in [0.15, 0.2) is 0 Å². The minimum absolute atomic E-state index is 0.538. The molecule has 0 unspecified atom stereocenters. The minimum atomic E-state index is 0.538. The lowest BCUT2D eigenvalue weighted by atomic mass is 10.1. The fourth-order valence-electron chi connectivity index (χ4n) is 2.32. The van der Waals surface area contributed by atoms with E-state index in [0.717, 1.165) is 32.5 Å². The molecule has 0 bridgehead atoms. The highest BCUT2D eigenvalue weighted by molar-refractivity contribution is 5.37. The van der Waals surface area contributed by atoms with E-state index in [-0.39, 0.29) is 0 Å². The lowest BCUT2D eigenvalue weighted by molar-refractivity contribution is 0.368. The fourth-order valence-corrected chi connectivity index (χ4v) is 2.32. The summed E-state index contributed by atoms with van der Waals surface area (Å²) in [6.07, 6.45) is 2.22. The number of piperidine rings is 1. The van der Waals surface area contributed by atoms with Gasteiger partial charge in [0.25, 0.3) is 0 Å². The van der Waals surface area contributed by atoms with Gasteiger partial charge in [-0.1, -0.05) is 6.92 Å². The molecule has 0 amide bonds. The highest BCUT2D eigenvalue weighted by Crippen LogP contribution is 2.22. The normalized spacial score (nSPS) is 16.5. The second-order valence-corrected chi connectivity index (χ2v) is 4.57. The number of hydrogen-bond acceptors (Lipinski definition) is 6. The third-order valence-corrected chi connectivity index (χ3v) is 3.36. The highest BCUT2D eigenvalue weighted by atomic mass is 16.5. The molecule has 1 saturated heterocycles. The number of methoxy groups -OCH3 is 2. The van der Waals surface area contributed by atoms with Gasteiger partial charge in [0.1, 0.15) is 0 Å². The maximum atomic E-state index is 5.18. The van der Waals surface area contributed by atoms with E-state index in [1.165, 1.54) is 0 Å². The first-order chi connectivity index (χ1) is 9.26. The van der Waals surface area contributed by atoms with Gasteiger partial charge in [-0.2, -0.15) is 9.97 Å². The number of nitrogens with zero attached hydrogens (tertiary/aromatic N) is 3. The molecule has 0 spiro atoms. The monoisotopic (exact) mass is 266 g/mol. The van der Waals surface area contributed by atoms with Gasteiger partial charge in [-0.05, 0) is 19.4 Å². The standard InChI is InChI=1S/C13H22N4O2/c1-4-14-10-5-7-17(8-6-10)13-15-11(18-2)9-12(16-13)19-3/h9-10,14H,4-8H2,1-3H3. The van der Waals surface area contributed by atoms with Crippen molar-refractivity contribution in [2.45, 2.75) is 25.8 Å². The van der Waals surface area contributed by atoms with E-state index < -0.39 is 0 Å². The molecule has 19 heavy (non-hydrogen) atoms. The van der Waals surface area contributed by atoms with Crippen LogP contribution in [0.4, 0.5) is 5.95 Å².